The van der Waals surface area contributed by atoms with Gasteiger partial charge in [0, 0.05) is 20.2 Å². The minimum atomic E-state index is -0.786. The molecule has 1 aliphatic carbocycles. The van der Waals surface area contributed by atoms with Crippen molar-refractivity contribution in [3.63, 3.8) is 0 Å². The minimum absolute atomic E-state index is 0.0554. The molecule has 0 aromatic rings. The van der Waals surface area contributed by atoms with Crippen LogP contribution >= 0.6 is 0 Å². The fourth-order valence-electron chi connectivity index (χ4n) is 3.11. The summed E-state index contributed by atoms with van der Waals surface area (Å²) >= 11 is 0. The molecule has 2 fully saturated rings. The van der Waals surface area contributed by atoms with Gasteiger partial charge in [0.2, 0.25) is 5.91 Å². The van der Waals surface area contributed by atoms with Crippen molar-refractivity contribution in [1.82, 2.24) is 4.90 Å². The largest absolute Gasteiger partial charge is 0.481 e. The van der Waals surface area contributed by atoms with Gasteiger partial charge in [-0.25, -0.2) is 0 Å². The van der Waals surface area contributed by atoms with Crippen LogP contribution in [-0.2, 0) is 14.3 Å². The van der Waals surface area contributed by atoms with Crippen molar-refractivity contribution in [2.45, 2.75) is 26.7 Å². The smallest absolute Gasteiger partial charge is 0.308 e. The summed E-state index contributed by atoms with van der Waals surface area (Å²) in [5.74, 6) is -0.798. The number of ether oxygens (including phenoxy) is 1. The third-order valence-corrected chi connectivity index (χ3v) is 4.55. The Morgan fingerprint density at radius 1 is 1.37 bits per heavy atom. The summed E-state index contributed by atoms with van der Waals surface area (Å²) in [6.45, 7) is 5.42. The summed E-state index contributed by atoms with van der Waals surface area (Å²) in [5, 5.41) is 9.29. The van der Waals surface area contributed by atoms with E-state index in [2.05, 4.69) is 0 Å². The summed E-state index contributed by atoms with van der Waals surface area (Å²) in [6.07, 6.45) is 1.72. The van der Waals surface area contributed by atoms with Crippen molar-refractivity contribution in [1.29, 1.82) is 0 Å². The van der Waals surface area contributed by atoms with Gasteiger partial charge in [0.1, 0.15) is 0 Å². The van der Waals surface area contributed by atoms with Crippen molar-refractivity contribution in [3.05, 3.63) is 0 Å². The molecule has 19 heavy (non-hydrogen) atoms. The van der Waals surface area contributed by atoms with Gasteiger partial charge in [0.25, 0.3) is 0 Å². The second-order valence-corrected chi connectivity index (χ2v) is 6.28. The minimum Gasteiger partial charge on any atom is -0.481 e. The molecule has 0 aromatic carbocycles. The lowest BCUT2D eigenvalue weighted by molar-refractivity contribution is -0.143. The number of hydrogen-bond acceptors (Lipinski definition) is 3. The average molecular weight is 269 g/mol. The van der Waals surface area contributed by atoms with Crippen LogP contribution in [0.2, 0.25) is 0 Å². The lowest BCUT2D eigenvalue weighted by Crippen LogP contribution is -2.38. The molecule has 0 bridgehead atoms. The number of nitrogens with zero attached hydrogens (tertiary/aromatic N) is 1. The molecule has 1 saturated heterocycles. The van der Waals surface area contributed by atoms with Crippen LogP contribution in [0.3, 0.4) is 0 Å². The summed E-state index contributed by atoms with van der Waals surface area (Å²) in [7, 11) is 1.61. The average Bonchev–Trinajstić information content (AvgIpc) is 2.97. The van der Waals surface area contributed by atoms with E-state index >= 15 is 0 Å². The van der Waals surface area contributed by atoms with Crippen molar-refractivity contribution in [3.8, 4) is 0 Å². The monoisotopic (exact) mass is 269 g/mol. The highest BCUT2D eigenvalue weighted by Gasteiger charge is 2.54. The van der Waals surface area contributed by atoms with Crippen LogP contribution in [0.4, 0.5) is 0 Å². The number of rotatable bonds is 5. The molecule has 5 nitrogen and oxygen atoms in total. The molecular formula is C14H23NO4. The molecule has 2 rings (SSSR count). The number of carboxylic acid groups (broad SMARTS) is 1. The van der Waals surface area contributed by atoms with E-state index in [4.69, 9.17) is 4.74 Å². The standard InChI is InChI=1S/C14H23NO4/c1-9(2)10-6-15(7-11(10)12(16)17)13(18)14(4-5-14)8-19-3/h9-11H,4-8H2,1-3H3,(H,16,17)/t10-,11+/m0/s1. The molecule has 0 spiro atoms. The third kappa shape index (κ3) is 2.61. The number of methoxy groups -OCH3 is 1. The van der Waals surface area contributed by atoms with Crippen molar-refractivity contribution in [2.75, 3.05) is 26.8 Å². The maximum Gasteiger partial charge on any atom is 0.308 e. The van der Waals surface area contributed by atoms with E-state index in [1.807, 2.05) is 13.8 Å². The van der Waals surface area contributed by atoms with E-state index in [1.54, 1.807) is 12.0 Å². The Morgan fingerprint density at radius 3 is 2.37 bits per heavy atom. The highest BCUT2D eigenvalue weighted by molar-refractivity contribution is 5.86. The molecule has 0 unspecified atom stereocenters. The van der Waals surface area contributed by atoms with E-state index in [1.165, 1.54) is 0 Å². The van der Waals surface area contributed by atoms with Crippen LogP contribution < -0.4 is 0 Å². The van der Waals surface area contributed by atoms with Gasteiger partial charge in [-0.1, -0.05) is 13.8 Å². The molecule has 0 radical (unpaired) electrons. The molecule has 2 aliphatic rings. The fourth-order valence-corrected chi connectivity index (χ4v) is 3.11. The number of hydrogen-bond donors (Lipinski definition) is 1. The molecule has 2 atom stereocenters. The number of amides is 1. The number of aliphatic carboxylic acids is 1. The van der Waals surface area contributed by atoms with E-state index in [9.17, 15) is 14.7 Å². The highest BCUT2D eigenvalue weighted by Crippen LogP contribution is 2.48. The van der Waals surface area contributed by atoms with Gasteiger partial charge in [0.05, 0.1) is 17.9 Å². The van der Waals surface area contributed by atoms with Gasteiger partial charge >= 0.3 is 5.97 Å². The van der Waals surface area contributed by atoms with Gasteiger partial charge in [0.15, 0.2) is 0 Å². The summed E-state index contributed by atoms with van der Waals surface area (Å²) in [5.41, 5.74) is -0.357. The van der Waals surface area contributed by atoms with E-state index in [0.717, 1.165) is 12.8 Å². The molecule has 0 aromatic heterocycles. The normalized spacial score (nSPS) is 28.7. The molecule has 5 heteroatoms. The number of carbonyl (C=O) groups is 2. The first-order chi connectivity index (χ1) is 8.91. The fraction of sp³-hybridized carbons (Fsp3) is 0.857. The van der Waals surface area contributed by atoms with Gasteiger partial charge in [-0.3, -0.25) is 9.59 Å². The van der Waals surface area contributed by atoms with Crippen molar-refractivity contribution in [2.24, 2.45) is 23.2 Å². The Labute approximate surface area is 113 Å². The van der Waals surface area contributed by atoms with Crippen LogP contribution in [0.5, 0.6) is 0 Å². The quantitative estimate of drug-likeness (QED) is 0.815. The Balaban J connectivity index is 2.07. The second kappa shape index (κ2) is 5.12. The van der Waals surface area contributed by atoms with Crippen LogP contribution in [0.25, 0.3) is 0 Å². The molecule has 1 aliphatic heterocycles. The van der Waals surface area contributed by atoms with Crippen molar-refractivity contribution < 1.29 is 19.4 Å². The molecule has 1 heterocycles. The lowest BCUT2D eigenvalue weighted by atomic mass is 9.86. The Bertz CT molecular complexity index is 376. The molecular weight excluding hydrogens is 246 g/mol. The van der Waals surface area contributed by atoms with Crippen molar-refractivity contribution >= 4 is 11.9 Å². The molecule has 108 valence electrons. The molecule has 1 amide bonds. The highest BCUT2D eigenvalue weighted by atomic mass is 16.5. The zero-order valence-electron chi connectivity index (χ0n) is 11.9. The SMILES string of the molecule is COCC1(C(=O)N2C[C@@H](C(=O)O)[C@H](C(C)C)C2)CC1. The maximum atomic E-state index is 12.5. The van der Waals surface area contributed by atoms with Gasteiger partial charge in [-0.15, -0.1) is 0 Å². The van der Waals surface area contributed by atoms with E-state index in [0.29, 0.717) is 19.7 Å². The van der Waals surface area contributed by atoms with E-state index in [-0.39, 0.29) is 23.2 Å². The number of carbonyl (C=O) groups excluding carboxylic acids is 1. The third-order valence-electron chi connectivity index (χ3n) is 4.55. The summed E-state index contributed by atoms with van der Waals surface area (Å²) in [6, 6.07) is 0. The molecule has 1 N–H and O–H groups in total. The Hall–Kier alpha value is -1.10. The zero-order chi connectivity index (χ0) is 14.2. The molecule has 1 saturated carbocycles. The van der Waals surface area contributed by atoms with Gasteiger partial charge in [-0.05, 0) is 24.7 Å². The number of carboxylic acids is 1. The lowest BCUT2D eigenvalue weighted by Gasteiger charge is -2.23. The maximum absolute atomic E-state index is 12.5. The topological polar surface area (TPSA) is 66.8 Å². The Kier molecular flexibility index (Phi) is 3.85. The zero-order valence-corrected chi connectivity index (χ0v) is 11.9. The summed E-state index contributed by atoms with van der Waals surface area (Å²) in [4.78, 5) is 25.6. The first-order valence-electron chi connectivity index (χ1n) is 6.92. The van der Waals surface area contributed by atoms with Crippen LogP contribution in [0.15, 0.2) is 0 Å². The van der Waals surface area contributed by atoms with Gasteiger partial charge < -0.3 is 14.7 Å². The van der Waals surface area contributed by atoms with Crippen LogP contribution in [0, 0.1) is 23.2 Å². The van der Waals surface area contributed by atoms with E-state index < -0.39 is 11.9 Å². The Morgan fingerprint density at radius 2 is 2.00 bits per heavy atom. The second-order valence-electron chi connectivity index (χ2n) is 6.28. The van der Waals surface area contributed by atoms with Gasteiger partial charge in [-0.2, -0.15) is 0 Å². The van der Waals surface area contributed by atoms with Crippen LogP contribution in [0.1, 0.15) is 26.7 Å². The first kappa shape index (κ1) is 14.3. The first-order valence-corrected chi connectivity index (χ1v) is 6.92. The predicted molar refractivity (Wildman–Crippen MR) is 69.6 cm³/mol. The number of likely N-dealkylation sites (tertiary alicyclic amines) is 1. The summed E-state index contributed by atoms with van der Waals surface area (Å²) < 4.78 is 5.13. The predicted octanol–water partition coefficient (Wildman–Crippen LogP) is 1.23. The van der Waals surface area contributed by atoms with Crippen LogP contribution in [-0.4, -0.2) is 48.7 Å².